The van der Waals surface area contributed by atoms with Crippen LogP contribution in [0.4, 0.5) is 0 Å². The van der Waals surface area contributed by atoms with Gasteiger partial charge in [0, 0.05) is 11.6 Å². The van der Waals surface area contributed by atoms with Crippen molar-refractivity contribution in [2.24, 2.45) is 11.5 Å². The third kappa shape index (κ3) is 1.85. The van der Waals surface area contributed by atoms with Gasteiger partial charge in [0.05, 0.1) is 7.11 Å². The van der Waals surface area contributed by atoms with E-state index < -0.39 is 0 Å². The van der Waals surface area contributed by atoms with Gasteiger partial charge in [-0.05, 0) is 47.4 Å². The maximum absolute atomic E-state index is 6.23. The van der Waals surface area contributed by atoms with Crippen molar-refractivity contribution < 1.29 is 4.74 Å². The van der Waals surface area contributed by atoms with E-state index in [1.54, 1.807) is 7.11 Å². The Labute approximate surface area is 107 Å². The van der Waals surface area contributed by atoms with E-state index in [4.69, 9.17) is 16.2 Å². The molecule has 3 nitrogen and oxygen atoms in total. The summed E-state index contributed by atoms with van der Waals surface area (Å²) in [4.78, 5) is 0. The first-order valence-corrected chi connectivity index (χ1v) is 6.24. The zero-order valence-electron chi connectivity index (χ0n) is 10.5. The molecule has 0 aliphatic heterocycles. The maximum Gasteiger partial charge on any atom is 0.119 e. The lowest BCUT2D eigenvalue weighted by Gasteiger charge is -2.19. The highest BCUT2D eigenvalue weighted by Crippen LogP contribution is 2.42. The molecule has 2 aromatic carbocycles. The van der Waals surface area contributed by atoms with Gasteiger partial charge in [0.1, 0.15) is 5.75 Å². The van der Waals surface area contributed by atoms with Crippen LogP contribution in [0.5, 0.6) is 5.75 Å². The first-order valence-electron chi connectivity index (χ1n) is 6.24. The van der Waals surface area contributed by atoms with Gasteiger partial charge < -0.3 is 16.2 Å². The molecule has 3 rings (SSSR count). The van der Waals surface area contributed by atoms with E-state index in [0.29, 0.717) is 0 Å². The van der Waals surface area contributed by atoms with Crippen LogP contribution in [-0.4, -0.2) is 12.6 Å². The molecule has 1 fully saturated rings. The molecular formula is C15H18N2O. The summed E-state index contributed by atoms with van der Waals surface area (Å²) < 4.78 is 5.22. The van der Waals surface area contributed by atoms with Crippen LogP contribution in [0.3, 0.4) is 0 Å². The minimum Gasteiger partial charge on any atom is -0.497 e. The summed E-state index contributed by atoms with van der Waals surface area (Å²) in [6, 6.07) is 12.3. The molecule has 94 valence electrons. The first-order chi connectivity index (χ1) is 8.62. The molecule has 1 unspecified atom stereocenters. The van der Waals surface area contributed by atoms with Gasteiger partial charge in [-0.1, -0.05) is 18.2 Å². The Bertz CT molecular complexity index is 590. The quantitative estimate of drug-likeness (QED) is 0.868. The van der Waals surface area contributed by atoms with Gasteiger partial charge in [0.2, 0.25) is 0 Å². The van der Waals surface area contributed by atoms with Crippen LogP contribution in [0.2, 0.25) is 0 Å². The molecule has 1 aliphatic rings. The lowest BCUT2D eigenvalue weighted by molar-refractivity contribution is 0.415. The topological polar surface area (TPSA) is 61.3 Å². The molecule has 0 aromatic heterocycles. The molecule has 18 heavy (non-hydrogen) atoms. The number of nitrogens with two attached hydrogens (primary N) is 2. The van der Waals surface area contributed by atoms with Gasteiger partial charge in [-0.15, -0.1) is 0 Å². The number of rotatable bonds is 3. The number of methoxy groups -OCH3 is 1. The zero-order valence-corrected chi connectivity index (χ0v) is 10.5. The number of benzene rings is 2. The molecule has 0 saturated heterocycles. The van der Waals surface area contributed by atoms with Crippen LogP contribution in [0, 0.1) is 0 Å². The highest BCUT2D eigenvalue weighted by atomic mass is 16.5. The van der Waals surface area contributed by atoms with Crippen LogP contribution < -0.4 is 16.2 Å². The van der Waals surface area contributed by atoms with Crippen molar-refractivity contribution in [1.82, 2.24) is 0 Å². The summed E-state index contributed by atoms with van der Waals surface area (Å²) in [5.41, 5.74) is 13.3. The molecule has 0 heterocycles. The van der Waals surface area contributed by atoms with Crippen LogP contribution in [0.15, 0.2) is 36.4 Å². The molecule has 1 aliphatic carbocycles. The summed E-state index contributed by atoms with van der Waals surface area (Å²) >= 11 is 0. The van der Waals surface area contributed by atoms with Crippen molar-refractivity contribution in [2.75, 3.05) is 7.11 Å². The molecule has 1 saturated carbocycles. The first kappa shape index (κ1) is 11.5. The third-order valence-corrected chi connectivity index (χ3v) is 3.88. The van der Waals surface area contributed by atoms with Crippen LogP contribution in [0.1, 0.15) is 24.4 Å². The number of hydrogen-bond donors (Lipinski definition) is 2. The maximum atomic E-state index is 6.23. The van der Waals surface area contributed by atoms with Crippen molar-refractivity contribution in [1.29, 1.82) is 0 Å². The SMILES string of the molecule is COc1ccc2cc(C(N)C3(N)CC3)ccc2c1. The second kappa shape index (κ2) is 3.97. The number of ether oxygens (including phenoxy) is 1. The van der Waals surface area contributed by atoms with Crippen LogP contribution in [-0.2, 0) is 0 Å². The Morgan fingerprint density at radius 2 is 1.78 bits per heavy atom. The Morgan fingerprint density at radius 1 is 1.11 bits per heavy atom. The lowest BCUT2D eigenvalue weighted by atomic mass is 9.96. The molecule has 0 spiro atoms. The molecule has 1 atom stereocenters. The van der Waals surface area contributed by atoms with Gasteiger partial charge >= 0.3 is 0 Å². The molecule has 3 heteroatoms. The standard InChI is InChI=1S/C15H18N2O/c1-18-13-5-4-10-8-12(3-2-11(10)9-13)14(16)15(17)6-7-15/h2-5,8-9,14H,6-7,16-17H2,1H3. The summed E-state index contributed by atoms with van der Waals surface area (Å²) in [7, 11) is 1.68. The Hall–Kier alpha value is -1.58. The summed E-state index contributed by atoms with van der Waals surface area (Å²) in [5, 5.41) is 2.33. The van der Waals surface area contributed by atoms with E-state index in [0.717, 1.165) is 29.5 Å². The fraction of sp³-hybridized carbons (Fsp3) is 0.333. The van der Waals surface area contributed by atoms with E-state index in [1.165, 1.54) is 5.39 Å². The molecular weight excluding hydrogens is 224 g/mol. The van der Waals surface area contributed by atoms with Gasteiger partial charge in [0.15, 0.2) is 0 Å². The second-order valence-electron chi connectivity index (χ2n) is 5.18. The number of hydrogen-bond acceptors (Lipinski definition) is 3. The zero-order chi connectivity index (χ0) is 12.8. The molecule has 0 amide bonds. The minimum absolute atomic E-state index is 0.0657. The smallest absolute Gasteiger partial charge is 0.119 e. The Kier molecular flexibility index (Phi) is 2.54. The van der Waals surface area contributed by atoms with E-state index >= 15 is 0 Å². The van der Waals surface area contributed by atoms with Crippen molar-refractivity contribution in [3.05, 3.63) is 42.0 Å². The third-order valence-electron chi connectivity index (χ3n) is 3.88. The lowest BCUT2D eigenvalue weighted by Crippen LogP contribution is -2.36. The van der Waals surface area contributed by atoms with Gasteiger partial charge in [-0.3, -0.25) is 0 Å². The van der Waals surface area contributed by atoms with E-state index in [-0.39, 0.29) is 11.6 Å². The average Bonchev–Trinajstić information content (AvgIpc) is 3.16. The van der Waals surface area contributed by atoms with E-state index in [9.17, 15) is 0 Å². The van der Waals surface area contributed by atoms with Crippen molar-refractivity contribution in [3.63, 3.8) is 0 Å². The van der Waals surface area contributed by atoms with Gasteiger partial charge in [-0.2, -0.15) is 0 Å². The monoisotopic (exact) mass is 242 g/mol. The van der Waals surface area contributed by atoms with Crippen molar-refractivity contribution in [3.8, 4) is 5.75 Å². The Morgan fingerprint density at radius 3 is 2.44 bits per heavy atom. The predicted molar refractivity (Wildman–Crippen MR) is 73.6 cm³/mol. The van der Waals surface area contributed by atoms with Gasteiger partial charge in [0.25, 0.3) is 0 Å². The second-order valence-corrected chi connectivity index (χ2v) is 5.18. The molecule has 4 N–H and O–H groups in total. The minimum atomic E-state index is -0.180. The molecule has 0 bridgehead atoms. The largest absolute Gasteiger partial charge is 0.497 e. The number of fused-ring (bicyclic) bond motifs is 1. The van der Waals surface area contributed by atoms with Crippen molar-refractivity contribution >= 4 is 10.8 Å². The fourth-order valence-corrected chi connectivity index (χ4v) is 2.35. The fourth-order valence-electron chi connectivity index (χ4n) is 2.35. The van der Waals surface area contributed by atoms with E-state index in [1.807, 2.05) is 12.1 Å². The summed E-state index contributed by atoms with van der Waals surface area (Å²) in [6.07, 6.45) is 2.05. The normalized spacial score (nSPS) is 18.6. The van der Waals surface area contributed by atoms with Crippen LogP contribution in [0.25, 0.3) is 10.8 Å². The molecule has 2 aromatic rings. The van der Waals surface area contributed by atoms with Gasteiger partial charge in [-0.25, -0.2) is 0 Å². The van der Waals surface area contributed by atoms with Crippen molar-refractivity contribution in [2.45, 2.75) is 24.4 Å². The van der Waals surface area contributed by atoms with Crippen LogP contribution >= 0.6 is 0 Å². The highest BCUT2D eigenvalue weighted by molar-refractivity contribution is 5.84. The van der Waals surface area contributed by atoms with E-state index in [2.05, 4.69) is 24.3 Å². The predicted octanol–water partition coefficient (Wildman–Crippen LogP) is 2.34. The highest BCUT2D eigenvalue weighted by Gasteiger charge is 2.44. The summed E-state index contributed by atoms with van der Waals surface area (Å²) in [5.74, 6) is 0.872. The average molecular weight is 242 g/mol. The summed E-state index contributed by atoms with van der Waals surface area (Å²) in [6.45, 7) is 0. The molecule has 0 radical (unpaired) electrons. The Balaban J connectivity index is 2.01.